The lowest BCUT2D eigenvalue weighted by molar-refractivity contribution is 0.781. The van der Waals surface area contributed by atoms with E-state index in [1.165, 1.54) is 23.3 Å². The molecule has 0 N–H and O–H groups in total. The van der Waals surface area contributed by atoms with Crippen molar-refractivity contribution in [2.75, 3.05) is 4.90 Å². The molecule has 1 aliphatic carbocycles. The molecule has 0 aromatic carbocycles. The lowest BCUT2D eigenvalue weighted by Gasteiger charge is -2.24. The lowest BCUT2D eigenvalue weighted by Crippen LogP contribution is -2.26. The summed E-state index contributed by atoms with van der Waals surface area (Å²) in [6, 6.07) is 7.12. The number of aromatic nitrogens is 1. The number of thiophene rings is 1. The highest BCUT2D eigenvalue weighted by Crippen LogP contribution is 2.34. The van der Waals surface area contributed by atoms with E-state index in [2.05, 4.69) is 40.4 Å². The van der Waals surface area contributed by atoms with Crippen molar-refractivity contribution in [3.63, 3.8) is 0 Å². The van der Waals surface area contributed by atoms with Crippen molar-refractivity contribution >= 4 is 28.8 Å². The van der Waals surface area contributed by atoms with Gasteiger partial charge in [0.1, 0.15) is 5.82 Å². The van der Waals surface area contributed by atoms with Crippen LogP contribution in [-0.2, 0) is 12.4 Å². The highest BCUT2D eigenvalue weighted by atomic mass is 35.5. The summed E-state index contributed by atoms with van der Waals surface area (Å²) in [5.74, 6) is 1.65. The molecular formula is C15H17ClN2S. The Morgan fingerprint density at radius 2 is 2.32 bits per heavy atom. The first-order chi connectivity index (χ1) is 9.28. The molecule has 1 fully saturated rings. The molecule has 0 unspecified atom stereocenters. The van der Waals surface area contributed by atoms with Crippen LogP contribution in [0, 0.1) is 6.92 Å². The summed E-state index contributed by atoms with van der Waals surface area (Å²) < 4.78 is 0. The third-order valence-electron chi connectivity index (χ3n) is 3.43. The first-order valence-corrected chi connectivity index (χ1v) is 8.00. The van der Waals surface area contributed by atoms with Gasteiger partial charge in [-0.3, -0.25) is 0 Å². The van der Waals surface area contributed by atoms with Gasteiger partial charge in [0, 0.05) is 23.0 Å². The summed E-state index contributed by atoms with van der Waals surface area (Å²) in [6.45, 7) is 3.10. The number of aryl methyl sites for hydroxylation is 1. The smallest absolute Gasteiger partial charge is 0.132 e. The van der Waals surface area contributed by atoms with E-state index in [4.69, 9.17) is 11.6 Å². The lowest BCUT2D eigenvalue weighted by atomic mass is 10.2. The van der Waals surface area contributed by atoms with E-state index in [-0.39, 0.29) is 0 Å². The highest BCUT2D eigenvalue weighted by Gasteiger charge is 2.31. The minimum Gasteiger partial charge on any atom is -0.348 e. The molecule has 0 atom stereocenters. The summed E-state index contributed by atoms with van der Waals surface area (Å²) in [6.07, 6.45) is 4.46. The Bertz CT molecular complexity index is 549. The summed E-state index contributed by atoms with van der Waals surface area (Å²) in [4.78, 5) is 8.48. The number of nitrogens with zero attached hydrogens (tertiary/aromatic N) is 2. The molecule has 0 radical (unpaired) electrons. The Morgan fingerprint density at radius 3 is 2.89 bits per heavy atom. The van der Waals surface area contributed by atoms with Crippen molar-refractivity contribution in [1.82, 2.24) is 4.98 Å². The van der Waals surface area contributed by atoms with Crippen LogP contribution in [-0.4, -0.2) is 11.0 Å². The van der Waals surface area contributed by atoms with Crippen LogP contribution in [0.1, 0.15) is 28.8 Å². The summed E-state index contributed by atoms with van der Waals surface area (Å²) in [5.41, 5.74) is 2.32. The van der Waals surface area contributed by atoms with E-state index < -0.39 is 0 Å². The van der Waals surface area contributed by atoms with Crippen molar-refractivity contribution < 1.29 is 0 Å². The van der Waals surface area contributed by atoms with E-state index in [1.54, 1.807) is 0 Å². The van der Waals surface area contributed by atoms with Crippen LogP contribution in [0.15, 0.2) is 29.8 Å². The molecule has 0 bridgehead atoms. The maximum Gasteiger partial charge on any atom is 0.132 e. The molecule has 0 saturated heterocycles. The highest BCUT2D eigenvalue weighted by molar-refractivity contribution is 7.09. The molecular weight excluding hydrogens is 276 g/mol. The fourth-order valence-corrected chi connectivity index (χ4v) is 3.18. The zero-order valence-corrected chi connectivity index (χ0v) is 12.5. The molecule has 19 heavy (non-hydrogen) atoms. The van der Waals surface area contributed by atoms with Crippen molar-refractivity contribution in [3.05, 3.63) is 45.8 Å². The molecule has 0 aliphatic heterocycles. The van der Waals surface area contributed by atoms with Gasteiger partial charge in [0.05, 0.1) is 6.54 Å². The van der Waals surface area contributed by atoms with Gasteiger partial charge in [-0.1, -0.05) is 6.07 Å². The first kappa shape index (κ1) is 12.9. The Morgan fingerprint density at radius 1 is 1.47 bits per heavy atom. The topological polar surface area (TPSA) is 16.1 Å². The number of hydrogen-bond donors (Lipinski definition) is 0. The van der Waals surface area contributed by atoms with Crippen LogP contribution in [0.3, 0.4) is 0 Å². The van der Waals surface area contributed by atoms with E-state index in [0.29, 0.717) is 11.9 Å². The summed E-state index contributed by atoms with van der Waals surface area (Å²) >= 11 is 7.68. The number of halogens is 1. The Hall–Kier alpha value is -1.06. The molecule has 1 aliphatic rings. The first-order valence-electron chi connectivity index (χ1n) is 6.58. The predicted octanol–water partition coefficient (Wildman–Crippen LogP) is 4.36. The van der Waals surface area contributed by atoms with Gasteiger partial charge in [0.15, 0.2) is 0 Å². The van der Waals surface area contributed by atoms with Gasteiger partial charge in [-0.05, 0) is 48.4 Å². The van der Waals surface area contributed by atoms with E-state index in [0.717, 1.165) is 17.9 Å². The van der Waals surface area contributed by atoms with Gasteiger partial charge in [0.2, 0.25) is 0 Å². The number of hydrogen-bond acceptors (Lipinski definition) is 3. The van der Waals surface area contributed by atoms with E-state index in [9.17, 15) is 0 Å². The van der Waals surface area contributed by atoms with E-state index >= 15 is 0 Å². The zero-order valence-electron chi connectivity index (χ0n) is 11.0. The second kappa shape index (κ2) is 5.51. The fraction of sp³-hybridized carbons (Fsp3) is 0.400. The van der Waals surface area contributed by atoms with Crippen LogP contribution < -0.4 is 4.90 Å². The van der Waals surface area contributed by atoms with Crippen molar-refractivity contribution in [3.8, 4) is 0 Å². The number of alkyl halides is 1. The molecule has 100 valence electrons. The van der Waals surface area contributed by atoms with Gasteiger partial charge < -0.3 is 4.90 Å². The summed E-state index contributed by atoms with van der Waals surface area (Å²) in [7, 11) is 0. The summed E-state index contributed by atoms with van der Waals surface area (Å²) in [5, 5.41) is 2.14. The third kappa shape index (κ3) is 2.93. The standard InChI is InChI=1S/C15H17ClN2S/c1-11-7-12(8-16)9-17-15(11)18(13-4-5-13)10-14-3-2-6-19-14/h2-3,6-7,9,13H,4-5,8,10H2,1H3. The number of anilines is 1. The molecule has 2 heterocycles. The van der Waals surface area contributed by atoms with Crippen LogP contribution in [0.5, 0.6) is 0 Å². The van der Waals surface area contributed by atoms with Crippen LogP contribution in [0.4, 0.5) is 5.82 Å². The molecule has 4 heteroatoms. The van der Waals surface area contributed by atoms with Gasteiger partial charge >= 0.3 is 0 Å². The largest absolute Gasteiger partial charge is 0.348 e. The quantitative estimate of drug-likeness (QED) is 0.761. The van der Waals surface area contributed by atoms with Crippen molar-refractivity contribution in [2.45, 2.75) is 38.2 Å². The Kier molecular flexibility index (Phi) is 3.76. The Labute approximate surface area is 123 Å². The van der Waals surface area contributed by atoms with Crippen molar-refractivity contribution in [2.24, 2.45) is 0 Å². The molecule has 0 amide bonds. The van der Waals surface area contributed by atoms with Crippen LogP contribution in [0.2, 0.25) is 0 Å². The fourth-order valence-electron chi connectivity index (χ4n) is 2.33. The molecule has 0 spiro atoms. The van der Waals surface area contributed by atoms with Gasteiger partial charge in [-0.25, -0.2) is 4.98 Å². The molecule has 2 aromatic rings. The molecule has 2 aromatic heterocycles. The zero-order chi connectivity index (χ0) is 13.2. The average Bonchev–Trinajstić information content (AvgIpc) is 3.14. The number of pyridine rings is 1. The molecule has 1 saturated carbocycles. The predicted molar refractivity (Wildman–Crippen MR) is 82.1 cm³/mol. The Balaban J connectivity index is 1.87. The molecule has 3 rings (SSSR count). The van der Waals surface area contributed by atoms with Gasteiger partial charge in [-0.2, -0.15) is 0 Å². The number of rotatable bonds is 5. The minimum atomic E-state index is 0.530. The van der Waals surface area contributed by atoms with Crippen molar-refractivity contribution in [1.29, 1.82) is 0 Å². The van der Waals surface area contributed by atoms with Crippen LogP contribution in [0.25, 0.3) is 0 Å². The third-order valence-corrected chi connectivity index (χ3v) is 4.60. The van der Waals surface area contributed by atoms with Gasteiger partial charge in [-0.15, -0.1) is 22.9 Å². The SMILES string of the molecule is Cc1cc(CCl)cnc1N(Cc1cccs1)C1CC1. The van der Waals surface area contributed by atoms with E-state index in [1.807, 2.05) is 17.5 Å². The maximum atomic E-state index is 5.87. The second-order valence-electron chi connectivity index (χ2n) is 5.06. The monoisotopic (exact) mass is 292 g/mol. The molecule has 2 nitrogen and oxygen atoms in total. The average molecular weight is 293 g/mol. The maximum absolute atomic E-state index is 5.87. The minimum absolute atomic E-state index is 0.530. The second-order valence-corrected chi connectivity index (χ2v) is 6.36. The van der Waals surface area contributed by atoms with Crippen LogP contribution >= 0.6 is 22.9 Å². The normalized spacial score (nSPS) is 14.6. The van der Waals surface area contributed by atoms with Gasteiger partial charge in [0.25, 0.3) is 0 Å².